The number of benzene rings is 2. The predicted octanol–water partition coefficient (Wildman–Crippen LogP) is 3.51. The van der Waals surface area contributed by atoms with Gasteiger partial charge in [0.25, 0.3) is 0 Å². The van der Waals surface area contributed by atoms with Gasteiger partial charge in [-0.25, -0.2) is 4.39 Å². The molecule has 0 aliphatic carbocycles. The fraction of sp³-hybridized carbons (Fsp3) is 0.250. The SMILES string of the molecule is COc1cc(NCc2ccc(N(C)C)cc2)ccc1F. The Morgan fingerprint density at radius 2 is 1.80 bits per heavy atom. The van der Waals surface area contributed by atoms with E-state index in [4.69, 9.17) is 4.74 Å². The van der Waals surface area contributed by atoms with Crippen LogP contribution in [0.1, 0.15) is 5.56 Å². The lowest BCUT2D eigenvalue weighted by molar-refractivity contribution is 0.387. The lowest BCUT2D eigenvalue weighted by Crippen LogP contribution is -2.08. The van der Waals surface area contributed by atoms with Gasteiger partial charge in [0.05, 0.1) is 7.11 Å². The van der Waals surface area contributed by atoms with E-state index in [9.17, 15) is 4.39 Å². The minimum atomic E-state index is -0.353. The van der Waals surface area contributed by atoms with Crippen LogP contribution in [-0.2, 0) is 6.54 Å². The van der Waals surface area contributed by atoms with E-state index >= 15 is 0 Å². The van der Waals surface area contributed by atoms with Crippen LogP contribution in [0.3, 0.4) is 0 Å². The average molecular weight is 274 g/mol. The first-order valence-corrected chi connectivity index (χ1v) is 6.44. The Hall–Kier alpha value is -2.23. The molecule has 0 amide bonds. The molecule has 1 N–H and O–H groups in total. The van der Waals surface area contributed by atoms with Crippen LogP contribution in [0.4, 0.5) is 15.8 Å². The van der Waals surface area contributed by atoms with E-state index in [0.717, 1.165) is 11.4 Å². The molecular formula is C16H19FN2O. The summed E-state index contributed by atoms with van der Waals surface area (Å²) in [6.45, 7) is 0.683. The molecule has 20 heavy (non-hydrogen) atoms. The van der Waals surface area contributed by atoms with E-state index in [1.54, 1.807) is 12.1 Å². The second kappa shape index (κ2) is 6.28. The fourth-order valence-electron chi connectivity index (χ4n) is 1.89. The molecule has 0 saturated heterocycles. The first-order chi connectivity index (χ1) is 9.60. The van der Waals surface area contributed by atoms with Crippen molar-refractivity contribution in [2.45, 2.75) is 6.54 Å². The average Bonchev–Trinajstić information content (AvgIpc) is 2.46. The lowest BCUT2D eigenvalue weighted by Gasteiger charge is -2.13. The summed E-state index contributed by atoms with van der Waals surface area (Å²) in [5.74, 6) is -0.105. The number of ether oxygens (including phenoxy) is 1. The van der Waals surface area contributed by atoms with E-state index < -0.39 is 0 Å². The summed E-state index contributed by atoms with van der Waals surface area (Å²) in [5.41, 5.74) is 3.16. The quantitative estimate of drug-likeness (QED) is 0.903. The fourth-order valence-corrected chi connectivity index (χ4v) is 1.89. The minimum absolute atomic E-state index is 0.248. The molecule has 0 saturated carbocycles. The number of rotatable bonds is 5. The van der Waals surface area contributed by atoms with Crippen molar-refractivity contribution in [1.82, 2.24) is 0 Å². The highest BCUT2D eigenvalue weighted by Gasteiger charge is 2.03. The van der Waals surface area contributed by atoms with Gasteiger partial charge in [-0.15, -0.1) is 0 Å². The van der Waals surface area contributed by atoms with E-state index in [1.807, 2.05) is 14.1 Å². The van der Waals surface area contributed by atoms with Gasteiger partial charge in [-0.2, -0.15) is 0 Å². The molecule has 4 heteroatoms. The van der Waals surface area contributed by atoms with Gasteiger partial charge in [0.1, 0.15) is 0 Å². The maximum Gasteiger partial charge on any atom is 0.165 e. The zero-order chi connectivity index (χ0) is 14.5. The van der Waals surface area contributed by atoms with Crippen molar-refractivity contribution in [2.75, 3.05) is 31.4 Å². The molecule has 0 atom stereocenters. The third-order valence-corrected chi connectivity index (χ3v) is 3.10. The van der Waals surface area contributed by atoms with Gasteiger partial charge in [0.2, 0.25) is 0 Å². The second-order valence-electron chi connectivity index (χ2n) is 4.76. The highest BCUT2D eigenvalue weighted by molar-refractivity contribution is 5.50. The van der Waals surface area contributed by atoms with Crippen molar-refractivity contribution in [1.29, 1.82) is 0 Å². The third-order valence-electron chi connectivity index (χ3n) is 3.10. The topological polar surface area (TPSA) is 24.5 Å². The Bertz CT molecular complexity index is 567. The Morgan fingerprint density at radius 3 is 2.40 bits per heavy atom. The zero-order valence-corrected chi connectivity index (χ0v) is 12.0. The Morgan fingerprint density at radius 1 is 1.10 bits per heavy atom. The molecule has 0 heterocycles. The van der Waals surface area contributed by atoms with Gasteiger partial charge >= 0.3 is 0 Å². The number of nitrogens with one attached hydrogen (secondary N) is 1. The number of hydrogen-bond acceptors (Lipinski definition) is 3. The molecule has 0 aromatic heterocycles. The normalized spacial score (nSPS) is 10.2. The summed E-state index contributed by atoms with van der Waals surface area (Å²) in [6.07, 6.45) is 0. The summed E-state index contributed by atoms with van der Waals surface area (Å²) in [5, 5.41) is 3.25. The van der Waals surface area contributed by atoms with Crippen molar-refractivity contribution >= 4 is 11.4 Å². The molecule has 0 aliphatic rings. The number of nitrogens with zero attached hydrogens (tertiary/aromatic N) is 1. The van der Waals surface area contributed by atoms with Crippen molar-refractivity contribution < 1.29 is 9.13 Å². The van der Waals surface area contributed by atoms with Gasteiger partial charge < -0.3 is 15.0 Å². The molecule has 0 unspecified atom stereocenters. The predicted molar refractivity (Wildman–Crippen MR) is 81.0 cm³/mol. The summed E-state index contributed by atoms with van der Waals surface area (Å²) in [4.78, 5) is 2.06. The molecule has 0 radical (unpaired) electrons. The summed E-state index contributed by atoms with van der Waals surface area (Å²) in [7, 11) is 5.48. The van der Waals surface area contributed by atoms with Crippen LogP contribution < -0.4 is 15.0 Å². The molecule has 3 nitrogen and oxygen atoms in total. The first kappa shape index (κ1) is 14.2. The molecule has 106 valence electrons. The Labute approximate surface area is 119 Å². The van der Waals surface area contributed by atoms with Crippen LogP contribution in [-0.4, -0.2) is 21.2 Å². The summed E-state index contributed by atoms with van der Waals surface area (Å²) < 4.78 is 18.3. The minimum Gasteiger partial charge on any atom is -0.494 e. The van der Waals surface area contributed by atoms with Gasteiger partial charge in [0.15, 0.2) is 11.6 Å². The van der Waals surface area contributed by atoms with Crippen LogP contribution in [0.5, 0.6) is 5.75 Å². The van der Waals surface area contributed by atoms with E-state index in [0.29, 0.717) is 6.54 Å². The third kappa shape index (κ3) is 3.41. The van der Waals surface area contributed by atoms with Gasteiger partial charge in [-0.1, -0.05) is 12.1 Å². The number of methoxy groups -OCH3 is 1. The molecule has 0 spiro atoms. The molecule has 0 bridgehead atoms. The van der Waals surface area contributed by atoms with E-state index in [2.05, 4.69) is 34.5 Å². The maximum atomic E-state index is 13.3. The van der Waals surface area contributed by atoms with Crippen LogP contribution in [0.2, 0.25) is 0 Å². The molecule has 0 fully saturated rings. The number of anilines is 2. The summed E-state index contributed by atoms with van der Waals surface area (Å²) in [6, 6.07) is 13.0. The van der Waals surface area contributed by atoms with Gasteiger partial charge in [0, 0.05) is 38.1 Å². The molecule has 2 rings (SSSR count). The van der Waals surface area contributed by atoms with Crippen molar-refractivity contribution in [3.8, 4) is 5.75 Å². The van der Waals surface area contributed by atoms with Crippen LogP contribution >= 0.6 is 0 Å². The van der Waals surface area contributed by atoms with Gasteiger partial charge in [-0.3, -0.25) is 0 Å². The highest BCUT2D eigenvalue weighted by Crippen LogP contribution is 2.22. The molecule has 0 aliphatic heterocycles. The van der Waals surface area contributed by atoms with Crippen LogP contribution in [0.25, 0.3) is 0 Å². The van der Waals surface area contributed by atoms with Crippen molar-refractivity contribution in [3.63, 3.8) is 0 Å². The van der Waals surface area contributed by atoms with Crippen LogP contribution in [0.15, 0.2) is 42.5 Å². The number of halogens is 1. The van der Waals surface area contributed by atoms with Gasteiger partial charge in [-0.05, 0) is 29.8 Å². The first-order valence-electron chi connectivity index (χ1n) is 6.44. The molecular weight excluding hydrogens is 255 g/mol. The molecule has 2 aromatic carbocycles. The molecule has 2 aromatic rings. The lowest BCUT2D eigenvalue weighted by atomic mass is 10.2. The summed E-state index contributed by atoms with van der Waals surface area (Å²) >= 11 is 0. The highest BCUT2D eigenvalue weighted by atomic mass is 19.1. The van der Waals surface area contributed by atoms with Crippen LogP contribution in [0, 0.1) is 5.82 Å². The Kier molecular flexibility index (Phi) is 4.45. The standard InChI is InChI=1S/C16H19FN2O/c1-19(2)14-7-4-12(5-8-14)11-18-13-6-9-15(17)16(10-13)20-3/h4-10,18H,11H2,1-3H3. The smallest absolute Gasteiger partial charge is 0.165 e. The van der Waals surface area contributed by atoms with Crippen molar-refractivity contribution in [3.05, 3.63) is 53.8 Å². The zero-order valence-electron chi connectivity index (χ0n) is 12.0. The largest absolute Gasteiger partial charge is 0.494 e. The van der Waals surface area contributed by atoms with E-state index in [-0.39, 0.29) is 11.6 Å². The maximum absolute atomic E-state index is 13.3. The van der Waals surface area contributed by atoms with E-state index in [1.165, 1.54) is 18.7 Å². The number of hydrogen-bond donors (Lipinski definition) is 1. The van der Waals surface area contributed by atoms with Crippen molar-refractivity contribution in [2.24, 2.45) is 0 Å². The monoisotopic (exact) mass is 274 g/mol. The second-order valence-corrected chi connectivity index (χ2v) is 4.76. The Balaban J connectivity index is 2.01.